The van der Waals surface area contributed by atoms with Crippen molar-refractivity contribution in [1.29, 1.82) is 5.26 Å². The SMILES string of the molecule is CCCCCCCC(CCCCCCC)N1CCn2ncc(C#N)c2C1. The molecule has 1 aromatic rings. The summed E-state index contributed by atoms with van der Waals surface area (Å²) in [4.78, 5) is 2.64. The van der Waals surface area contributed by atoms with Gasteiger partial charge in [0, 0.05) is 19.1 Å². The minimum Gasteiger partial charge on any atom is -0.293 e. The van der Waals surface area contributed by atoms with E-state index in [0.717, 1.165) is 30.9 Å². The summed E-state index contributed by atoms with van der Waals surface area (Å²) in [5, 5.41) is 13.7. The van der Waals surface area contributed by atoms with Crippen LogP contribution >= 0.6 is 0 Å². The number of rotatable bonds is 13. The van der Waals surface area contributed by atoms with Gasteiger partial charge in [0.05, 0.1) is 24.0 Å². The number of aromatic nitrogens is 2. The zero-order valence-corrected chi connectivity index (χ0v) is 17.1. The van der Waals surface area contributed by atoms with Crippen LogP contribution in [0.25, 0.3) is 0 Å². The number of hydrogen-bond acceptors (Lipinski definition) is 3. The van der Waals surface area contributed by atoms with Crippen molar-refractivity contribution < 1.29 is 0 Å². The van der Waals surface area contributed by atoms with Crippen LogP contribution in [-0.4, -0.2) is 27.3 Å². The average molecular weight is 359 g/mol. The van der Waals surface area contributed by atoms with Crippen molar-refractivity contribution in [3.05, 3.63) is 17.5 Å². The molecule has 2 heterocycles. The van der Waals surface area contributed by atoms with Crippen LogP contribution in [0.4, 0.5) is 0 Å². The van der Waals surface area contributed by atoms with Crippen LogP contribution in [0.15, 0.2) is 6.20 Å². The van der Waals surface area contributed by atoms with Crippen molar-refractivity contribution in [1.82, 2.24) is 14.7 Å². The molecule has 4 nitrogen and oxygen atoms in total. The highest BCUT2D eigenvalue weighted by atomic mass is 15.3. The first kappa shape index (κ1) is 21.0. The molecule has 0 aromatic carbocycles. The van der Waals surface area contributed by atoms with E-state index < -0.39 is 0 Å². The molecule has 0 saturated carbocycles. The standard InChI is InChI=1S/C22H38N4/c1-3-5-7-9-11-13-21(14-12-10-8-6-4-2)25-15-16-26-22(19-25)20(17-23)18-24-26/h18,21H,3-16,19H2,1-2H3. The maximum Gasteiger partial charge on any atom is 0.103 e. The second-order valence-corrected chi connectivity index (χ2v) is 7.87. The first-order chi connectivity index (χ1) is 12.8. The quantitative estimate of drug-likeness (QED) is 0.427. The fraction of sp³-hybridized carbons (Fsp3) is 0.818. The summed E-state index contributed by atoms with van der Waals surface area (Å²) in [7, 11) is 0. The zero-order chi connectivity index (χ0) is 18.6. The number of fused-ring (bicyclic) bond motifs is 1. The molecule has 4 heteroatoms. The molecule has 0 amide bonds. The summed E-state index contributed by atoms with van der Waals surface area (Å²) in [5.74, 6) is 0. The summed E-state index contributed by atoms with van der Waals surface area (Å²) in [6, 6.07) is 2.99. The fourth-order valence-electron chi connectivity index (χ4n) is 4.15. The third kappa shape index (κ3) is 6.43. The van der Waals surface area contributed by atoms with Gasteiger partial charge in [0.2, 0.25) is 0 Å². The van der Waals surface area contributed by atoms with Gasteiger partial charge in [-0.3, -0.25) is 9.58 Å². The molecule has 1 aromatic heterocycles. The molecule has 0 bridgehead atoms. The van der Waals surface area contributed by atoms with Crippen molar-refractivity contribution in [3.63, 3.8) is 0 Å². The van der Waals surface area contributed by atoms with Crippen molar-refractivity contribution in [2.45, 2.75) is 110 Å². The first-order valence-corrected chi connectivity index (χ1v) is 11.0. The number of unbranched alkanes of at least 4 members (excludes halogenated alkanes) is 8. The molecule has 0 spiro atoms. The largest absolute Gasteiger partial charge is 0.293 e. The highest BCUT2D eigenvalue weighted by Gasteiger charge is 2.25. The summed E-state index contributed by atoms with van der Waals surface area (Å²) in [5.41, 5.74) is 1.89. The van der Waals surface area contributed by atoms with E-state index in [2.05, 4.69) is 29.9 Å². The van der Waals surface area contributed by atoms with Crippen LogP contribution < -0.4 is 0 Å². The van der Waals surface area contributed by atoms with Crippen LogP contribution in [-0.2, 0) is 13.1 Å². The third-order valence-electron chi connectivity index (χ3n) is 5.82. The minimum atomic E-state index is 0.674. The number of nitrogens with zero attached hydrogens (tertiary/aromatic N) is 4. The molecule has 0 unspecified atom stereocenters. The van der Waals surface area contributed by atoms with Crippen LogP contribution in [0, 0.1) is 11.3 Å². The molecule has 0 atom stereocenters. The number of hydrogen-bond donors (Lipinski definition) is 0. The van der Waals surface area contributed by atoms with Gasteiger partial charge in [0.15, 0.2) is 0 Å². The molecule has 0 fully saturated rings. The fourth-order valence-corrected chi connectivity index (χ4v) is 4.15. The topological polar surface area (TPSA) is 44.9 Å². The van der Waals surface area contributed by atoms with E-state index in [1.165, 1.54) is 77.0 Å². The van der Waals surface area contributed by atoms with Gasteiger partial charge < -0.3 is 0 Å². The average Bonchev–Trinajstić information content (AvgIpc) is 3.08. The Kier molecular flexibility index (Phi) is 9.77. The predicted molar refractivity (Wildman–Crippen MR) is 108 cm³/mol. The Morgan fingerprint density at radius 3 is 2.15 bits per heavy atom. The predicted octanol–water partition coefficient (Wildman–Crippen LogP) is 5.66. The lowest BCUT2D eigenvalue weighted by Gasteiger charge is -2.35. The Morgan fingerprint density at radius 2 is 1.58 bits per heavy atom. The van der Waals surface area contributed by atoms with E-state index in [9.17, 15) is 5.26 Å². The Hall–Kier alpha value is -1.34. The molecule has 0 aliphatic carbocycles. The van der Waals surface area contributed by atoms with Gasteiger partial charge in [-0.2, -0.15) is 10.4 Å². The van der Waals surface area contributed by atoms with E-state index in [0.29, 0.717) is 6.04 Å². The van der Waals surface area contributed by atoms with Gasteiger partial charge in [0.25, 0.3) is 0 Å². The monoisotopic (exact) mass is 358 g/mol. The van der Waals surface area contributed by atoms with E-state index >= 15 is 0 Å². The maximum atomic E-state index is 9.33. The van der Waals surface area contributed by atoms with Crippen molar-refractivity contribution in [3.8, 4) is 6.07 Å². The third-order valence-corrected chi connectivity index (χ3v) is 5.82. The van der Waals surface area contributed by atoms with E-state index in [4.69, 9.17) is 0 Å². The summed E-state index contributed by atoms with van der Waals surface area (Å²) < 4.78 is 2.04. The van der Waals surface area contributed by atoms with E-state index in [1.807, 2.05) is 4.68 Å². The van der Waals surface area contributed by atoms with Crippen molar-refractivity contribution in [2.75, 3.05) is 6.54 Å². The van der Waals surface area contributed by atoms with Gasteiger partial charge in [0.1, 0.15) is 6.07 Å². The minimum absolute atomic E-state index is 0.674. The molecular formula is C22H38N4. The molecule has 1 aliphatic heterocycles. The lowest BCUT2D eigenvalue weighted by Crippen LogP contribution is -2.41. The maximum absolute atomic E-state index is 9.33. The second kappa shape index (κ2) is 12.1. The Bertz CT molecular complexity index is 529. The second-order valence-electron chi connectivity index (χ2n) is 7.87. The van der Waals surface area contributed by atoms with Crippen molar-refractivity contribution in [2.24, 2.45) is 0 Å². The van der Waals surface area contributed by atoms with Crippen LogP contribution in [0.2, 0.25) is 0 Å². The lowest BCUT2D eigenvalue weighted by molar-refractivity contribution is 0.130. The van der Waals surface area contributed by atoms with Gasteiger partial charge in [-0.1, -0.05) is 78.1 Å². The van der Waals surface area contributed by atoms with Crippen LogP contribution in [0.5, 0.6) is 0 Å². The molecule has 146 valence electrons. The molecular weight excluding hydrogens is 320 g/mol. The van der Waals surface area contributed by atoms with Gasteiger partial charge >= 0.3 is 0 Å². The van der Waals surface area contributed by atoms with Crippen LogP contribution in [0.1, 0.15) is 102 Å². The summed E-state index contributed by atoms with van der Waals surface area (Å²) in [6.45, 7) is 7.47. The molecule has 0 saturated heterocycles. The normalized spacial score (nSPS) is 14.5. The van der Waals surface area contributed by atoms with Crippen molar-refractivity contribution >= 4 is 0 Å². The van der Waals surface area contributed by atoms with Gasteiger partial charge in [-0.15, -0.1) is 0 Å². The molecule has 2 rings (SSSR count). The molecule has 26 heavy (non-hydrogen) atoms. The molecule has 0 N–H and O–H groups in total. The zero-order valence-electron chi connectivity index (χ0n) is 17.1. The number of nitriles is 1. The Labute approximate surface area is 160 Å². The van der Waals surface area contributed by atoms with Gasteiger partial charge in [-0.25, -0.2) is 0 Å². The van der Waals surface area contributed by atoms with Crippen LogP contribution in [0.3, 0.4) is 0 Å². The first-order valence-electron chi connectivity index (χ1n) is 11.0. The lowest BCUT2D eigenvalue weighted by atomic mass is 9.98. The summed E-state index contributed by atoms with van der Waals surface area (Å²) >= 11 is 0. The smallest absolute Gasteiger partial charge is 0.103 e. The Balaban J connectivity index is 1.88. The van der Waals surface area contributed by atoms with E-state index in [-0.39, 0.29) is 0 Å². The highest BCUT2D eigenvalue weighted by molar-refractivity contribution is 5.31. The highest BCUT2D eigenvalue weighted by Crippen LogP contribution is 2.24. The summed E-state index contributed by atoms with van der Waals surface area (Å²) in [6.07, 6.45) is 17.9. The molecule has 1 aliphatic rings. The van der Waals surface area contributed by atoms with E-state index in [1.54, 1.807) is 6.20 Å². The van der Waals surface area contributed by atoms with Gasteiger partial charge in [-0.05, 0) is 12.8 Å². The Morgan fingerprint density at radius 1 is 0.962 bits per heavy atom. The molecule has 0 radical (unpaired) electrons.